The van der Waals surface area contributed by atoms with Crippen molar-refractivity contribution >= 4 is 12.0 Å². The van der Waals surface area contributed by atoms with Crippen LogP contribution in [0.25, 0.3) is 0 Å². The van der Waals surface area contributed by atoms with E-state index in [4.69, 9.17) is 9.52 Å². The van der Waals surface area contributed by atoms with Gasteiger partial charge in [0.25, 0.3) is 0 Å². The van der Waals surface area contributed by atoms with Gasteiger partial charge in [-0.3, -0.25) is 4.79 Å². The van der Waals surface area contributed by atoms with E-state index in [1.807, 2.05) is 19.9 Å². The number of carboxylic acids is 1. The molecule has 0 aliphatic rings. The Balaban J connectivity index is 2.41. The largest absolute Gasteiger partial charge is 0.481 e. The summed E-state index contributed by atoms with van der Waals surface area (Å²) in [7, 11) is 0. The van der Waals surface area contributed by atoms with Crippen LogP contribution in [0.15, 0.2) is 16.5 Å². The number of carbonyl (C=O) groups excluding carboxylic acids is 1. The Labute approximate surface area is 118 Å². The van der Waals surface area contributed by atoms with Gasteiger partial charge in [-0.1, -0.05) is 13.3 Å². The second kappa shape index (κ2) is 7.57. The molecule has 0 radical (unpaired) electrons. The summed E-state index contributed by atoms with van der Waals surface area (Å²) in [6.07, 6.45) is 1.31. The lowest BCUT2D eigenvalue weighted by atomic mass is 10.0. The average molecular weight is 282 g/mol. The number of urea groups is 1. The number of nitrogens with one attached hydrogen (secondary N) is 2. The third kappa shape index (κ3) is 4.95. The Morgan fingerprint density at radius 2 is 2.10 bits per heavy atom. The zero-order valence-electron chi connectivity index (χ0n) is 12.1. The van der Waals surface area contributed by atoms with E-state index in [1.165, 1.54) is 0 Å². The monoisotopic (exact) mass is 282 g/mol. The zero-order valence-corrected chi connectivity index (χ0v) is 12.1. The SMILES string of the molecule is CCCC(CNC(=O)NC(C)c1ccc(C)o1)C(=O)O. The van der Waals surface area contributed by atoms with Crippen LogP contribution in [0.1, 0.15) is 44.3 Å². The maximum Gasteiger partial charge on any atom is 0.315 e. The number of carbonyl (C=O) groups is 2. The van der Waals surface area contributed by atoms with E-state index < -0.39 is 17.9 Å². The number of carboxylic acid groups (broad SMARTS) is 1. The van der Waals surface area contributed by atoms with Crippen molar-refractivity contribution in [3.05, 3.63) is 23.7 Å². The van der Waals surface area contributed by atoms with Crippen molar-refractivity contribution in [1.29, 1.82) is 0 Å². The summed E-state index contributed by atoms with van der Waals surface area (Å²) >= 11 is 0. The fraction of sp³-hybridized carbons (Fsp3) is 0.571. The molecule has 0 fully saturated rings. The van der Waals surface area contributed by atoms with Crippen LogP contribution >= 0.6 is 0 Å². The van der Waals surface area contributed by atoms with Gasteiger partial charge in [-0.15, -0.1) is 0 Å². The molecule has 0 aliphatic carbocycles. The molecule has 0 saturated heterocycles. The first-order chi connectivity index (χ1) is 9.43. The molecular weight excluding hydrogens is 260 g/mol. The van der Waals surface area contributed by atoms with Crippen molar-refractivity contribution in [1.82, 2.24) is 10.6 Å². The molecule has 0 spiro atoms. The van der Waals surface area contributed by atoms with Crippen molar-refractivity contribution in [2.45, 2.75) is 39.7 Å². The standard InChI is InChI=1S/C14H22N2O4/c1-4-5-11(13(17)18)8-15-14(19)16-10(3)12-7-6-9(2)20-12/h6-7,10-11H,4-5,8H2,1-3H3,(H,17,18)(H2,15,16,19). The van der Waals surface area contributed by atoms with Gasteiger partial charge in [-0.25, -0.2) is 4.79 Å². The van der Waals surface area contributed by atoms with E-state index in [-0.39, 0.29) is 12.6 Å². The first-order valence-electron chi connectivity index (χ1n) is 6.77. The summed E-state index contributed by atoms with van der Waals surface area (Å²) in [5, 5.41) is 14.3. The van der Waals surface area contributed by atoms with Gasteiger partial charge in [0, 0.05) is 6.54 Å². The van der Waals surface area contributed by atoms with Crippen LogP contribution in [-0.4, -0.2) is 23.7 Å². The Hall–Kier alpha value is -1.98. The molecule has 1 heterocycles. The molecule has 112 valence electrons. The summed E-state index contributed by atoms with van der Waals surface area (Å²) in [6, 6.07) is 2.97. The quantitative estimate of drug-likeness (QED) is 0.716. The van der Waals surface area contributed by atoms with Crippen LogP contribution < -0.4 is 10.6 Å². The van der Waals surface area contributed by atoms with E-state index >= 15 is 0 Å². The molecule has 2 unspecified atom stereocenters. The van der Waals surface area contributed by atoms with Crippen molar-refractivity contribution in [3.63, 3.8) is 0 Å². The highest BCUT2D eigenvalue weighted by atomic mass is 16.4. The lowest BCUT2D eigenvalue weighted by Crippen LogP contribution is -2.40. The summed E-state index contributed by atoms with van der Waals surface area (Å²) in [6.45, 7) is 5.67. The van der Waals surface area contributed by atoms with Gasteiger partial charge in [0.2, 0.25) is 0 Å². The van der Waals surface area contributed by atoms with Gasteiger partial charge in [0.15, 0.2) is 0 Å². The van der Waals surface area contributed by atoms with E-state index in [1.54, 1.807) is 13.0 Å². The molecule has 6 heteroatoms. The number of furan rings is 1. The minimum Gasteiger partial charge on any atom is -0.481 e. The van der Waals surface area contributed by atoms with Gasteiger partial charge < -0.3 is 20.2 Å². The molecule has 0 bridgehead atoms. The van der Waals surface area contributed by atoms with Crippen molar-refractivity contribution in [2.24, 2.45) is 5.92 Å². The van der Waals surface area contributed by atoms with Crippen LogP contribution in [0, 0.1) is 12.8 Å². The lowest BCUT2D eigenvalue weighted by molar-refractivity contribution is -0.141. The van der Waals surface area contributed by atoms with Gasteiger partial charge in [0.1, 0.15) is 11.5 Å². The summed E-state index contributed by atoms with van der Waals surface area (Å²) in [5.74, 6) is 0.0118. The molecule has 2 amide bonds. The molecule has 6 nitrogen and oxygen atoms in total. The first kappa shape index (κ1) is 16.1. The smallest absolute Gasteiger partial charge is 0.315 e. The number of aryl methyl sites for hydroxylation is 1. The number of amides is 2. The Morgan fingerprint density at radius 3 is 2.60 bits per heavy atom. The number of hydrogen-bond donors (Lipinski definition) is 3. The minimum atomic E-state index is -0.887. The predicted octanol–water partition coefficient (Wildman–Crippen LogP) is 2.45. The van der Waals surface area contributed by atoms with Crippen LogP contribution in [0.3, 0.4) is 0 Å². The lowest BCUT2D eigenvalue weighted by Gasteiger charge is -2.15. The third-order valence-electron chi connectivity index (χ3n) is 3.03. The van der Waals surface area contributed by atoms with E-state index in [0.29, 0.717) is 12.2 Å². The molecule has 3 N–H and O–H groups in total. The van der Waals surface area contributed by atoms with Crippen molar-refractivity contribution in [2.75, 3.05) is 6.54 Å². The molecular formula is C14H22N2O4. The number of rotatable bonds is 7. The summed E-state index contributed by atoms with van der Waals surface area (Å²) < 4.78 is 5.41. The summed E-state index contributed by atoms with van der Waals surface area (Å²) in [5.41, 5.74) is 0. The second-order valence-corrected chi connectivity index (χ2v) is 4.85. The highest BCUT2D eigenvalue weighted by molar-refractivity contribution is 5.76. The van der Waals surface area contributed by atoms with Crippen LogP contribution in [0.5, 0.6) is 0 Å². The Kier molecular flexibility index (Phi) is 6.09. The van der Waals surface area contributed by atoms with Crippen molar-refractivity contribution in [3.8, 4) is 0 Å². The van der Waals surface area contributed by atoms with E-state index in [9.17, 15) is 9.59 Å². The topological polar surface area (TPSA) is 91.6 Å². The van der Waals surface area contributed by atoms with Gasteiger partial charge in [-0.2, -0.15) is 0 Å². The highest BCUT2D eigenvalue weighted by Crippen LogP contribution is 2.15. The fourth-order valence-corrected chi connectivity index (χ4v) is 1.88. The molecule has 0 aromatic carbocycles. The molecule has 20 heavy (non-hydrogen) atoms. The normalized spacial score (nSPS) is 13.6. The molecule has 1 rings (SSSR count). The molecule has 1 aromatic heterocycles. The first-order valence-corrected chi connectivity index (χ1v) is 6.77. The Morgan fingerprint density at radius 1 is 1.40 bits per heavy atom. The molecule has 2 atom stereocenters. The van der Waals surface area contributed by atoms with Crippen LogP contribution in [0.2, 0.25) is 0 Å². The maximum absolute atomic E-state index is 11.7. The average Bonchev–Trinajstić information content (AvgIpc) is 2.80. The fourth-order valence-electron chi connectivity index (χ4n) is 1.88. The zero-order chi connectivity index (χ0) is 15.1. The van der Waals surface area contributed by atoms with Crippen molar-refractivity contribution < 1.29 is 19.1 Å². The van der Waals surface area contributed by atoms with Gasteiger partial charge in [0.05, 0.1) is 12.0 Å². The highest BCUT2D eigenvalue weighted by Gasteiger charge is 2.18. The Bertz CT molecular complexity index is 456. The van der Waals surface area contributed by atoms with E-state index in [2.05, 4.69) is 10.6 Å². The van der Waals surface area contributed by atoms with Gasteiger partial charge >= 0.3 is 12.0 Å². The molecule has 1 aromatic rings. The third-order valence-corrected chi connectivity index (χ3v) is 3.03. The molecule has 0 saturated carbocycles. The van der Waals surface area contributed by atoms with Crippen LogP contribution in [0.4, 0.5) is 4.79 Å². The second-order valence-electron chi connectivity index (χ2n) is 4.85. The maximum atomic E-state index is 11.7. The molecule has 0 aliphatic heterocycles. The van der Waals surface area contributed by atoms with E-state index in [0.717, 1.165) is 12.2 Å². The number of aliphatic carboxylic acids is 1. The summed E-state index contributed by atoms with van der Waals surface area (Å²) in [4.78, 5) is 22.7. The van der Waals surface area contributed by atoms with Crippen LogP contribution in [-0.2, 0) is 4.79 Å². The predicted molar refractivity (Wildman–Crippen MR) is 74.4 cm³/mol. The van der Waals surface area contributed by atoms with Gasteiger partial charge in [-0.05, 0) is 32.4 Å². The minimum absolute atomic E-state index is 0.124. The number of hydrogen-bond acceptors (Lipinski definition) is 3.